The van der Waals surface area contributed by atoms with Crippen LogP contribution in [0.1, 0.15) is 33.6 Å². The molecular formula is C14H23N5O. The lowest BCUT2D eigenvalue weighted by Gasteiger charge is -2.15. The van der Waals surface area contributed by atoms with Gasteiger partial charge < -0.3 is 15.0 Å². The second-order valence-electron chi connectivity index (χ2n) is 5.53. The van der Waals surface area contributed by atoms with Crippen molar-refractivity contribution < 1.29 is 4.74 Å². The summed E-state index contributed by atoms with van der Waals surface area (Å²) in [5.41, 5.74) is 7.21. The summed E-state index contributed by atoms with van der Waals surface area (Å²) in [6, 6.07) is 0. The monoisotopic (exact) mass is 277 g/mol. The van der Waals surface area contributed by atoms with Gasteiger partial charge in [0.05, 0.1) is 12.4 Å². The van der Waals surface area contributed by atoms with Gasteiger partial charge in [-0.25, -0.2) is 15.0 Å². The molecule has 6 heteroatoms. The summed E-state index contributed by atoms with van der Waals surface area (Å²) in [5, 5.41) is 0. The van der Waals surface area contributed by atoms with E-state index in [0.717, 1.165) is 31.6 Å². The van der Waals surface area contributed by atoms with Crippen molar-refractivity contribution in [3.63, 3.8) is 0 Å². The van der Waals surface area contributed by atoms with Crippen molar-refractivity contribution >= 4 is 17.0 Å². The fourth-order valence-electron chi connectivity index (χ4n) is 2.31. The predicted octanol–water partition coefficient (Wildman–Crippen LogP) is 2.25. The highest BCUT2D eigenvalue weighted by molar-refractivity contribution is 5.80. The Bertz CT molecular complexity index is 551. The van der Waals surface area contributed by atoms with Crippen LogP contribution in [0.15, 0.2) is 12.7 Å². The minimum atomic E-state index is 0.313. The molecule has 0 bridgehead atoms. The summed E-state index contributed by atoms with van der Waals surface area (Å²) in [6.07, 6.45) is 5.56. The molecule has 2 rings (SSSR count). The van der Waals surface area contributed by atoms with E-state index in [0.29, 0.717) is 23.4 Å². The van der Waals surface area contributed by atoms with Gasteiger partial charge in [-0.3, -0.25) is 0 Å². The average molecular weight is 277 g/mol. The highest BCUT2D eigenvalue weighted by atomic mass is 16.5. The molecule has 110 valence electrons. The van der Waals surface area contributed by atoms with Crippen LogP contribution in [-0.2, 0) is 11.3 Å². The number of nitrogen functional groups attached to an aromatic ring is 1. The first-order valence-corrected chi connectivity index (χ1v) is 7.11. The third-order valence-corrected chi connectivity index (χ3v) is 3.18. The number of rotatable bonds is 7. The molecule has 0 spiro atoms. The number of nitrogens with zero attached hydrogens (tertiary/aromatic N) is 4. The minimum absolute atomic E-state index is 0.313. The highest BCUT2D eigenvalue weighted by Crippen LogP contribution is 2.14. The molecule has 0 aliphatic carbocycles. The summed E-state index contributed by atoms with van der Waals surface area (Å²) in [6.45, 7) is 8.11. The first-order valence-electron chi connectivity index (χ1n) is 7.11. The van der Waals surface area contributed by atoms with E-state index in [-0.39, 0.29) is 0 Å². The van der Waals surface area contributed by atoms with Gasteiger partial charge in [0.25, 0.3) is 0 Å². The summed E-state index contributed by atoms with van der Waals surface area (Å²) in [7, 11) is 0. The maximum absolute atomic E-state index is 5.80. The number of aromatic nitrogens is 4. The highest BCUT2D eigenvalue weighted by Gasteiger charge is 2.08. The van der Waals surface area contributed by atoms with E-state index < -0.39 is 0 Å². The lowest BCUT2D eigenvalue weighted by Crippen LogP contribution is -2.13. The van der Waals surface area contributed by atoms with Gasteiger partial charge in [-0.05, 0) is 25.7 Å². The van der Waals surface area contributed by atoms with Crippen molar-refractivity contribution in [1.29, 1.82) is 0 Å². The molecule has 0 aliphatic rings. The van der Waals surface area contributed by atoms with Crippen LogP contribution in [0.3, 0.4) is 0 Å². The third kappa shape index (κ3) is 3.66. The molecule has 2 aromatic rings. The second-order valence-corrected chi connectivity index (χ2v) is 5.53. The first-order chi connectivity index (χ1) is 9.58. The summed E-state index contributed by atoms with van der Waals surface area (Å²) < 4.78 is 7.79. The number of ether oxygens (including phenoxy) is 1. The lowest BCUT2D eigenvalue weighted by molar-refractivity contribution is 0.0488. The van der Waals surface area contributed by atoms with E-state index in [1.54, 1.807) is 6.33 Å². The van der Waals surface area contributed by atoms with E-state index in [1.807, 2.05) is 4.57 Å². The molecule has 6 nitrogen and oxygen atoms in total. The van der Waals surface area contributed by atoms with Crippen molar-refractivity contribution in [2.75, 3.05) is 12.3 Å². The maximum Gasteiger partial charge on any atom is 0.165 e. The van der Waals surface area contributed by atoms with Crippen LogP contribution in [0.5, 0.6) is 0 Å². The molecule has 0 aromatic carbocycles. The fraction of sp³-hybridized carbons (Fsp3) is 0.643. The second kappa shape index (κ2) is 6.65. The van der Waals surface area contributed by atoms with Crippen molar-refractivity contribution in [2.24, 2.45) is 5.92 Å². The Morgan fingerprint density at radius 1 is 1.25 bits per heavy atom. The van der Waals surface area contributed by atoms with E-state index >= 15 is 0 Å². The van der Waals surface area contributed by atoms with Gasteiger partial charge in [0.15, 0.2) is 11.5 Å². The van der Waals surface area contributed by atoms with E-state index in [9.17, 15) is 0 Å². The van der Waals surface area contributed by atoms with Gasteiger partial charge in [0, 0.05) is 13.2 Å². The van der Waals surface area contributed by atoms with Gasteiger partial charge >= 0.3 is 0 Å². The Balaban J connectivity index is 1.83. The van der Waals surface area contributed by atoms with Crippen LogP contribution in [0.2, 0.25) is 0 Å². The normalized spacial score (nSPS) is 13.2. The van der Waals surface area contributed by atoms with E-state index in [2.05, 4.69) is 35.7 Å². The molecule has 2 N–H and O–H groups in total. The Labute approximate surface area is 119 Å². The van der Waals surface area contributed by atoms with Gasteiger partial charge in [0.2, 0.25) is 0 Å². The van der Waals surface area contributed by atoms with Crippen molar-refractivity contribution in [2.45, 2.75) is 46.3 Å². The topological polar surface area (TPSA) is 78.9 Å². The number of anilines is 1. The SMILES string of the molecule is CC(C)CC(C)OCCCn1cnc2c(N)ncnc21. The third-order valence-electron chi connectivity index (χ3n) is 3.18. The number of imidazole rings is 1. The fourth-order valence-corrected chi connectivity index (χ4v) is 2.31. The van der Waals surface area contributed by atoms with Gasteiger partial charge in [-0.2, -0.15) is 0 Å². The predicted molar refractivity (Wildman–Crippen MR) is 79.2 cm³/mol. The molecule has 0 fully saturated rings. The van der Waals surface area contributed by atoms with Crippen LogP contribution in [0, 0.1) is 5.92 Å². The zero-order valence-electron chi connectivity index (χ0n) is 12.4. The van der Waals surface area contributed by atoms with Gasteiger partial charge in [0.1, 0.15) is 11.8 Å². The standard InChI is InChI=1S/C14H23N5O/c1-10(2)7-11(3)20-6-4-5-19-9-18-12-13(15)16-8-17-14(12)19/h8-11H,4-7H2,1-3H3,(H2,15,16,17). The summed E-state index contributed by atoms with van der Waals surface area (Å²) >= 11 is 0. The largest absolute Gasteiger partial charge is 0.382 e. The smallest absolute Gasteiger partial charge is 0.165 e. The Morgan fingerprint density at radius 3 is 2.80 bits per heavy atom. The van der Waals surface area contributed by atoms with Gasteiger partial charge in [-0.1, -0.05) is 13.8 Å². The van der Waals surface area contributed by atoms with E-state index in [4.69, 9.17) is 10.5 Å². The molecule has 0 aliphatic heterocycles. The lowest BCUT2D eigenvalue weighted by atomic mass is 10.1. The number of nitrogens with two attached hydrogens (primary N) is 1. The Kier molecular flexibility index (Phi) is 4.89. The zero-order valence-corrected chi connectivity index (χ0v) is 12.4. The molecule has 0 saturated heterocycles. The molecular weight excluding hydrogens is 254 g/mol. The molecule has 0 radical (unpaired) electrons. The number of hydrogen-bond donors (Lipinski definition) is 1. The van der Waals surface area contributed by atoms with Crippen LogP contribution >= 0.6 is 0 Å². The maximum atomic E-state index is 5.80. The van der Waals surface area contributed by atoms with Crippen molar-refractivity contribution in [1.82, 2.24) is 19.5 Å². The zero-order chi connectivity index (χ0) is 14.5. The minimum Gasteiger partial charge on any atom is -0.382 e. The molecule has 2 heterocycles. The summed E-state index contributed by atoms with van der Waals surface area (Å²) in [4.78, 5) is 12.4. The Morgan fingerprint density at radius 2 is 2.05 bits per heavy atom. The van der Waals surface area contributed by atoms with E-state index in [1.165, 1.54) is 6.33 Å². The van der Waals surface area contributed by atoms with Crippen molar-refractivity contribution in [3.8, 4) is 0 Å². The summed E-state index contributed by atoms with van der Waals surface area (Å²) in [5.74, 6) is 1.10. The number of aryl methyl sites for hydroxylation is 1. The van der Waals surface area contributed by atoms with Crippen LogP contribution < -0.4 is 5.73 Å². The molecule has 1 unspecified atom stereocenters. The van der Waals surface area contributed by atoms with Crippen LogP contribution in [0.25, 0.3) is 11.2 Å². The molecule has 0 saturated carbocycles. The molecule has 2 aromatic heterocycles. The average Bonchev–Trinajstić information content (AvgIpc) is 2.79. The molecule has 20 heavy (non-hydrogen) atoms. The van der Waals surface area contributed by atoms with Gasteiger partial charge in [-0.15, -0.1) is 0 Å². The van der Waals surface area contributed by atoms with Crippen LogP contribution in [0.4, 0.5) is 5.82 Å². The quantitative estimate of drug-likeness (QED) is 0.785. The number of fused-ring (bicyclic) bond motifs is 1. The first kappa shape index (κ1) is 14.7. The number of hydrogen-bond acceptors (Lipinski definition) is 5. The van der Waals surface area contributed by atoms with Crippen LogP contribution in [-0.4, -0.2) is 32.2 Å². The van der Waals surface area contributed by atoms with Crippen molar-refractivity contribution in [3.05, 3.63) is 12.7 Å². The molecule has 0 amide bonds. The Hall–Kier alpha value is -1.69. The molecule has 1 atom stereocenters.